The Bertz CT molecular complexity index is 587. The molecule has 0 radical (unpaired) electrons. The lowest BCUT2D eigenvalue weighted by Crippen LogP contribution is -2.45. The van der Waals surface area contributed by atoms with Gasteiger partial charge in [0.1, 0.15) is 6.04 Å². The van der Waals surface area contributed by atoms with E-state index in [4.69, 9.17) is 4.74 Å². The van der Waals surface area contributed by atoms with Gasteiger partial charge in [0.25, 0.3) is 0 Å². The molecule has 0 fully saturated rings. The molecule has 0 unspecified atom stereocenters. The normalized spacial score (nSPS) is 11.9. The minimum absolute atomic E-state index is 0.208. The van der Waals surface area contributed by atoms with Crippen molar-refractivity contribution in [3.63, 3.8) is 0 Å². The molecule has 2 N–H and O–H groups in total. The van der Waals surface area contributed by atoms with Gasteiger partial charge in [0.2, 0.25) is 0 Å². The summed E-state index contributed by atoms with van der Waals surface area (Å²) < 4.78 is 5.17. The third kappa shape index (κ3) is 6.52. The maximum absolute atomic E-state index is 12.1. The topological polar surface area (TPSA) is 50.4 Å². The van der Waals surface area contributed by atoms with Gasteiger partial charge in [-0.2, -0.15) is 0 Å². The van der Waals surface area contributed by atoms with Crippen LogP contribution in [0.3, 0.4) is 0 Å². The minimum atomic E-state index is -0.346. The van der Waals surface area contributed by atoms with Crippen LogP contribution in [0.15, 0.2) is 60.7 Å². The van der Waals surface area contributed by atoms with Crippen molar-refractivity contribution in [2.75, 3.05) is 19.7 Å². The number of hydrogen-bond donors (Lipinski definition) is 2. The average molecular weight is 326 g/mol. The van der Waals surface area contributed by atoms with Crippen molar-refractivity contribution >= 4 is 5.97 Å². The van der Waals surface area contributed by atoms with E-state index in [0.29, 0.717) is 19.7 Å². The second-order valence-corrected chi connectivity index (χ2v) is 5.61. The molecule has 0 bridgehead atoms. The Kier molecular flexibility index (Phi) is 8.01. The molecule has 0 saturated carbocycles. The third-order valence-electron chi connectivity index (χ3n) is 3.75. The van der Waals surface area contributed by atoms with Gasteiger partial charge in [-0.15, -0.1) is 0 Å². The molecule has 24 heavy (non-hydrogen) atoms. The Morgan fingerprint density at radius 1 is 1.00 bits per heavy atom. The van der Waals surface area contributed by atoms with E-state index in [2.05, 4.69) is 22.8 Å². The van der Waals surface area contributed by atoms with Gasteiger partial charge in [-0.25, -0.2) is 0 Å². The van der Waals surface area contributed by atoms with Crippen LogP contribution in [0.4, 0.5) is 0 Å². The lowest BCUT2D eigenvalue weighted by molar-refractivity contribution is -0.145. The van der Waals surface area contributed by atoms with Gasteiger partial charge in [-0.05, 0) is 31.0 Å². The van der Waals surface area contributed by atoms with Gasteiger partial charge in [0.15, 0.2) is 0 Å². The zero-order chi connectivity index (χ0) is 17.0. The van der Waals surface area contributed by atoms with E-state index in [-0.39, 0.29) is 12.0 Å². The maximum atomic E-state index is 12.1. The van der Waals surface area contributed by atoms with E-state index in [1.54, 1.807) is 0 Å². The summed E-state index contributed by atoms with van der Waals surface area (Å²) in [7, 11) is 0. The molecule has 2 rings (SSSR count). The predicted molar refractivity (Wildman–Crippen MR) is 96.7 cm³/mol. The van der Waals surface area contributed by atoms with Crippen LogP contribution >= 0.6 is 0 Å². The molecule has 0 aliphatic rings. The molecule has 4 heteroatoms. The van der Waals surface area contributed by atoms with Crippen LogP contribution in [0.25, 0.3) is 0 Å². The second-order valence-electron chi connectivity index (χ2n) is 5.61. The first-order chi connectivity index (χ1) is 11.8. The third-order valence-corrected chi connectivity index (χ3v) is 3.75. The van der Waals surface area contributed by atoms with Crippen molar-refractivity contribution in [2.45, 2.75) is 25.9 Å². The van der Waals surface area contributed by atoms with Crippen molar-refractivity contribution < 1.29 is 9.53 Å². The molecule has 0 aliphatic heterocycles. The second kappa shape index (κ2) is 10.6. The lowest BCUT2D eigenvalue weighted by Gasteiger charge is -2.18. The van der Waals surface area contributed by atoms with Crippen LogP contribution < -0.4 is 10.6 Å². The summed E-state index contributed by atoms with van der Waals surface area (Å²) in [4.78, 5) is 12.1. The van der Waals surface area contributed by atoms with E-state index < -0.39 is 0 Å². The highest BCUT2D eigenvalue weighted by Gasteiger charge is 2.18. The molecule has 4 nitrogen and oxygen atoms in total. The maximum Gasteiger partial charge on any atom is 0.324 e. The summed E-state index contributed by atoms with van der Waals surface area (Å²) >= 11 is 0. The van der Waals surface area contributed by atoms with Gasteiger partial charge in [0, 0.05) is 13.1 Å². The number of carbonyl (C=O) groups is 1. The fraction of sp³-hybridized carbons (Fsp3) is 0.350. The Labute approximate surface area is 144 Å². The summed E-state index contributed by atoms with van der Waals surface area (Å²) in [6, 6.07) is 20.0. The summed E-state index contributed by atoms with van der Waals surface area (Å²) in [6.07, 6.45) is 0.940. The summed E-state index contributed by atoms with van der Waals surface area (Å²) in [6.45, 7) is 4.25. The summed E-state index contributed by atoms with van der Waals surface area (Å²) in [5.41, 5.74) is 2.44. The van der Waals surface area contributed by atoms with E-state index >= 15 is 0 Å². The van der Waals surface area contributed by atoms with E-state index in [1.165, 1.54) is 5.56 Å². The van der Waals surface area contributed by atoms with Gasteiger partial charge in [-0.1, -0.05) is 60.7 Å². The Morgan fingerprint density at radius 3 is 2.25 bits per heavy atom. The smallest absolute Gasteiger partial charge is 0.324 e. The number of carbonyl (C=O) groups excluding carboxylic acids is 1. The largest absolute Gasteiger partial charge is 0.465 e. The SMILES string of the molecule is CCOC(=O)[C@H](CNCCc1ccccc1)NCc1ccccc1. The molecular weight excluding hydrogens is 300 g/mol. The molecule has 0 spiro atoms. The fourth-order valence-corrected chi connectivity index (χ4v) is 2.44. The van der Waals surface area contributed by atoms with Crippen molar-refractivity contribution in [1.29, 1.82) is 0 Å². The lowest BCUT2D eigenvalue weighted by atomic mass is 10.1. The summed E-state index contributed by atoms with van der Waals surface area (Å²) in [5, 5.41) is 6.63. The minimum Gasteiger partial charge on any atom is -0.465 e. The predicted octanol–water partition coefficient (Wildman–Crippen LogP) is 2.54. The van der Waals surface area contributed by atoms with Crippen LogP contribution in [-0.2, 0) is 22.5 Å². The van der Waals surface area contributed by atoms with E-state index in [9.17, 15) is 4.79 Å². The molecular formula is C20H26N2O2. The summed E-state index contributed by atoms with van der Waals surface area (Å²) in [5.74, 6) is -0.208. The Hall–Kier alpha value is -2.17. The standard InChI is InChI=1S/C20H26N2O2/c1-2-24-20(23)19(22-15-18-11-7-4-8-12-18)16-21-14-13-17-9-5-3-6-10-17/h3-12,19,21-22H,2,13-16H2,1H3/t19-/m0/s1. The van der Waals surface area contributed by atoms with Crippen molar-refractivity contribution in [1.82, 2.24) is 10.6 Å². The molecule has 1 atom stereocenters. The molecule has 0 saturated heterocycles. The fourth-order valence-electron chi connectivity index (χ4n) is 2.44. The quantitative estimate of drug-likeness (QED) is 0.520. The Balaban J connectivity index is 1.78. The van der Waals surface area contributed by atoms with E-state index in [1.807, 2.05) is 55.5 Å². The molecule has 0 aliphatic carbocycles. The number of rotatable bonds is 10. The number of benzene rings is 2. The van der Waals surface area contributed by atoms with Gasteiger partial charge in [-0.3, -0.25) is 10.1 Å². The molecule has 0 heterocycles. The van der Waals surface area contributed by atoms with E-state index in [0.717, 1.165) is 18.5 Å². The zero-order valence-corrected chi connectivity index (χ0v) is 14.2. The van der Waals surface area contributed by atoms with Crippen molar-refractivity contribution in [3.05, 3.63) is 71.8 Å². The molecule has 2 aromatic carbocycles. The van der Waals surface area contributed by atoms with Crippen molar-refractivity contribution in [3.8, 4) is 0 Å². The number of ether oxygens (including phenoxy) is 1. The van der Waals surface area contributed by atoms with Gasteiger partial charge < -0.3 is 10.1 Å². The zero-order valence-electron chi connectivity index (χ0n) is 14.2. The first-order valence-electron chi connectivity index (χ1n) is 8.48. The van der Waals surface area contributed by atoms with Crippen LogP contribution in [0, 0.1) is 0 Å². The van der Waals surface area contributed by atoms with Crippen LogP contribution in [0.2, 0.25) is 0 Å². The van der Waals surface area contributed by atoms with Crippen LogP contribution in [-0.4, -0.2) is 31.7 Å². The number of hydrogen-bond acceptors (Lipinski definition) is 4. The highest BCUT2D eigenvalue weighted by Crippen LogP contribution is 2.00. The number of nitrogens with one attached hydrogen (secondary N) is 2. The van der Waals surface area contributed by atoms with Gasteiger partial charge >= 0.3 is 5.97 Å². The molecule has 0 aromatic heterocycles. The van der Waals surface area contributed by atoms with Crippen LogP contribution in [0.1, 0.15) is 18.1 Å². The highest BCUT2D eigenvalue weighted by molar-refractivity contribution is 5.76. The van der Waals surface area contributed by atoms with Gasteiger partial charge in [0.05, 0.1) is 6.61 Å². The monoisotopic (exact) mass is 326 g/mol. The average Bonchev–Trinajstić information content (AvgIpc) is 2.63. The molecule has 2 aromatic rings. The van der Waals surface area contributed by atoms with Crippen molar-refractivity contribution in [2.24, 2.45) is 0 Å². The highest BCUT2D eigenvalue weighted by atomic mass is 16.5. The van der Waals surface area contributed by atoms with Crippen LogP contribution in [0.5, 0.6) is 0 Å². The molecule has 128 valence electrons. The first-order valence-corrected chi connectivity index (χ1v) is 8.48. The molecule has 0 amide bonds. The number of esters is 1. The first kappa shape index (κ1) is 18.2. The Morgan fingerprint density at radius 2 is 1.62 bits per heavy atom.